The summed E-state index contributed by atoms with van der Waals surface area (Å²) in [6.45, 7) is -0.745. The van der Waals surface area contributed by atoms with E-state index < -0.39 is 47.0 Å². The van der Waals surface area contributed by atoms with Gasteiger partial charge in [-0.1, -0.05) is 29.4 Å². The Morgan fingerprint density at radius 2 is 1.70 bits per heavy atom. The zero-order valence-electron chi connectivity index (χ0n) is 22.8. The number of amides is 1. The van der Waals surface area contributed by atoms with Gasteiger partial charge in [0, 0.05) is 42.2 Å². The maximum absolute atomic E-state index is 13.7. The molecule has 9 nitrogen and oxygen atoms in total. The van der Waals surface area contributed by atoms with Crippen molar-refractivity contribution >= 4 is 17.5 Å². The molecule has 1 heterocycles. The largest absolute Gasteiger partial charge is 0.494 e. The van der Waals surface area contributed by atoms with Gasteiger partial charge in [-0.25, -0.2) is 4.99 Å². The summed E-state index contributed by atoms with van der Waals surface area (Å²) >= 11 is 0. The van der Waals surface area contributed by atoms with Gasteiger partial charge in [0.25, 0.3) is 5.91 Å². The Bertz CT molecular complexity index is 1540. The molecule has 3 aromatic rings. The second-order valence-electron chi connectivity index (χ2n) is 9.78. The number of nitrogens with one attached hydrogen (secondary N) is 1. The lowest BCUT2D eigenvalue weighted by Gasteiger charge is -2.24. The van der Waals surface area contributed by atoms with E-state index in [1.807, 2.05) is 0 Å². The van der Waals surface area contributed by atoms with Crippen molar-refractivity contribution in [3.63, 3.8) is 0 Å². The Morgan fingerprint density at radius 3 is 2.32 bits per heavy atom. The number of halogens is 6. The molecular formula is C29H25F6N5O4. The number of hydrogen-bond acceptors (Lipinski definition) is 6. The number of carbonyl (C=O) groups is 1. The van der Waals surface area contributed by atoms with Crippen LogP contribution in [0.3, 0.4) is 0 Å². The standard InChI is InChI=1S/C29H25F6N5O4/c30-28(31,32)21-12-18(13-22(14-21)29(33,34)35)16-37-26(42)27(15-20-4-1-2-5-24(20)39-40-36)17-44-25(38-27)19-6-8-23(9-7-19)43-11-3-10-41/h1-2,4-9,12-14,41H,3,10-11,15-17H2,(H,37,42)/t27-/m1/s1. The maximum atomic E-state index is 13.7. The van der Waals surface area contributed by atoms with Crippen molar-refractivity contribution < 1.29 is 45.7 Å². The molecule has 1 atom stereocenters. The van der Waals surface area contributed by atoms with Gasteiger partial charge in [0.1, 0.15) is 12.4 Å². The summed E-state index contributed by atoms with van der Waals surface area (Å²) < 4.78 is 91.4. The van der Waals surface area contributed by atoms with Crippen LogP contribution in [-0.4, -0.2) is 42.3 Å². The van der Waals surface area contributed by atoms with Crippen LogP contribution in [0.1, 0.15) is 34.2 Å². The Labute approximate surface area is 246 Å². The molecule has 2 N–H and O–H groups in total. The number of carbonyl (C=O) groups excluding carboxylic acids is 1. The van der Waals surface area contributed by atoms with Crippen LogP contribution in [0.15, 0.2) is 76.8 Å². The second-order valence-corrected chi connectivity index (χ2v) is 9.78. The fourth-order valence-corrected chi connectivity index (χ4v) is 4.42. The van der Waals surface area contributed by atoms with Crippen LogP contribution in [-0.2, 0) is 34.8 Å². The fraction of sp³-hybridized carbons (Fsp3) is 0.310. The van der Waals surface area contributed by atoms with E-state index in [0.29, 0.717) is 35.4 Å². The molecule has 4 rings (SSSR count). The molecule has 0 aromatic heterocycles. The van der Waals surface area contributed by atoms with Gasteiger partial charge in [-0.2, -0.15) is 26.3 Å². The number of aliphatic hydroxyl groups is 1. The molecule has 0 saturated carbocycles. The Kier molecular flexibility index (Phi) is 9.70. The van der Waals surface area contributed by atoms with Gasteiger partial charge in [-0.05, 0) is 59.1 Å². The summed E-state index contributed by atoms with van der Waals surface area (Å²) in [5, 5.41) is 15.0. The van der Waals surface area contributed by atoms with Crippen LogP contribution < -0.4 is 10.1 Å². The lowest BCUT2D eigenvalue weighted by Crippen LogP contribution is -2.48. The predicted octanol–water partition coefficient (Wildman–Crippen LogP) is 6.50. The lowest BCUT2D eigenvalue weighted by molar-refractivity contribution is -0.143. The predicted molar refractivity (Wildman–Crippen MR) is 146 cm³/mol. The molecule has 0 bridgehead atoms. The van der Waals surface area contributed by atoms with Crippen molar-refractivity contribution in [1.82, 2.24) is 5.32 Å². The molecule has 0 radical (unpaired) electrons. The first-order valence-electron chi connectivity index (χ1n) is 13.1. The molecule has 0 aliphatic carbocycles. The molecule has 1 aliphatic rings. The number of ether oxygens (including phenoxy) is 2. The summed E-state index contributed by atoms with van der Waals surface area (Å²) in [6.07, 6.45) is -9.84. The van der Waals surface area contributed by atoms with Crippen LogP contribution in [0.4, 0.5) is 32.0 Å². The van der Waals surface area contributed by atoms with E-state index >= 15 is 0 Å². The SMILES string of the molecule is [N-]=[N+]=Nc1ccccc1C[C@]1(C(=O)NCc2cc(C(F)(F)F)cc(C(F)(F)F)c2)COC(c2ccc(OCCCO)cc2)=N1. The molecule has 0 spiro atoms. The topological polar surface area (TPSA) is 129 Å². The fourth-order valence-electron chi connectivity index (χ4n) is 4.42. The van der Waals surface area contributed by atoms with Gasteiger partial charge in [0.15, 0.2) is 5.54 Å². The van der Waals surface area contributed by atoms with E-state index in [2.05, 4.69) is 20.3 Å². The minimum absolute atomic E-state index is 0.00376. The van der Waals surface area contributed by atoms with Crippen LogP contribution in [0.2, 0.25) is 0 Å². The lowest BCUT2D eigenvalue weighted by atomic mass is 9.90. The third-order valence-electron chi connectivity index (χ3n) is 6.59. The normalized spacial score (nSPS) is 16.5. The maximum Gasteiger partial charge on any atom is 0.416 e. The van der Waals surface area contributed by atoms with Gasteiger partial charge in [-0.3, -0.25) is 4.79 Å². The molecule has 1 aliphatic heterocycles. The molecule has 0 saturated heterocycles. The number of rotatable bonds is 11. The number of nitrogens with zero attached hydrogens (tertiary/aromatic N) is 4. The first-order valence-corrected chi connectivity index (χ1v) is 13.1. The quantitative estimate of drug-likeness (QED) is 0.0833. The van der Waals surface area contributed by atoms with E-state index in [4.69, 9.17) is 20.1 Å². The summed E-state index contributed by atoms with van der Waals surface area (Å²) in [5.41, 5.74) is 4.87. The van der Waals surface area contributed by atoms with Crippen LogP contribution in [0.5, 0.6) is 5.75 Å². The van der Waals surface area contributed by atoms with Crippen LogP contribution in [0.25, 0.3) is 10.4 Å². The van der Waals surface area contributed by atoms with Crippen molar-refractivity contribution in [3.8, 4) is 5.75 Å². The van der Waals surface area contributed by atoms with Gasteiger partial charge in [-0.15, -0.1) is 0 Å². The van der Waals surface area contributed by atoms with Gasteiger partial charge in [0.05, 0.1) is 17.7 Å². The number of aliphatic hydroxyl groups excluding tert-OH is 1. The highest BCUT2D eigenvalue weighted by atomic mass is 19.4. The zero-order chi connectivity index (χ0) is 32.0. The number of hydrogen-bond donors (Lipinski definition) is 2. The highest BCUT2D eigenvalue weighted by molar-refractivity contribution is 6.00. The van der Waals surface area contributed by atoms with Gasteiger partial charge >= 0.3 is 12.4 Å². The Hall–Kier alpha value is -4.75. The zero-order valence-corrected chi connectivity index (χ0v) is 22.8. The van der Waals surface area contributed by atoms with Crippen molar-refractivity contribution in [3.05, 3.63) is 105 Å². The second kappa shape index (κ2) is 13.3. The number of azide groups is 1. The van der Waals surface area contributed by atoms with Crippen molar-refractivity contribution in [2.45, 2.75) is 37.3 Å². The average Bonchev–Trinajstić information content (AvgIpc) is 3.42. The highest BCUT2D eigenvalue weighted by Gasteiger charge is 2.45. The molecule has 1 amide bonds. The number of benzene rings is 3. The molecular weight excluding hydrogens is 596 g/mol. The minimum Gasteiger partial charge on any atom is -0.494 e. The first-order chi connectivity index (χ1) is 20.8. The minimum atomic E-state index is -5.05. The summed E-state index contributed by atoms with van der Waals surface area (Å²) in [5.74, 6) is -0.271. The Morgan fingerprint density at radius 1 is 1.05 bits per heavy atom. The van der Waals surface area contributed by atoms with E-state index in [0.717, 1.165) is 0 Å². The third-order valence-corrected chi connectivity index (χ3v) is 6.59. The molecule has 0 fully saturated rings. The first kappa shape index (κ1) is 32.2. The Balaban J connectivity index is 1.66. The van der Waals surface area contributed by atoms with Crippen molar-refractivity contribution in [2.24, 2.45) is 10.1 Å². The monoisotopic (exact) mass is 621 g/mol. The summed E-state index contributed by atoms with van der Waals surface area (Å²) in [7, 11) is 0. The molecule has 0 unspecified atom stereocenters. The van der Waals surface area contributed by atoms with Crippen LogP contribution in [0, 0.1) is 0 Å². The van der Waals surface area contributed by atoms with E-state index in [-0.39, 0.29) is 43.9 Å². The number of alkyl halides is 6. The van der Waals surface area contributed by atoms with Gasteiger partial charge in [0.2, 0.25) is 5.90 Å². The smallest absolute Gasteiger partial charge is 0.416 e. The molecule has 15 heteroatoms. The average molecular weight is 622 g/mol. The number of aliphatic imine (C=N–C) groups is 1. The van der Waals surface area contributed by atoms with Crippen molar-refractivity contribution in [2.75, 3.05) is 19.8 Å². The summed E-state index contributed by atoms with van der Waals surface area (Å²) in [4.78, 5) is 21.0. The van der Waals surface area contributed by atoms with E-state index in [1.165, 1.54) is 6.07 Å². The van der Waals surface area contributed by atoms with Crippen LogP contribution >= 0.6 is 0 Å². The molecule has 3 aromatic carbocycles. The third kappa shape index (κ3) is 7.79. The molecule has 44 heavy (non-hydrogen) atoms. The highest BCUT2D eigenvalue weighted by Crippen LogP contribution is 2.37. The van der Waals surface area contributed by atoms with Gasteiger partial charge < -0.3 is 19.9 Å². The van der Waals surface area contributed by atoms with E-state index in [9.17, 15) is 31.1 Å². The summed E-state index contributed by atoms with van der Waals surface area (Å²) in [6, 6.07) is 13.9. The molecule has 232 valence electrons. The van der Waals surface area contributed by atoms with Crippen molar-refractivity contribution in [1.29, 1.82) is 0 Å². The van der Waals surface area contributed by atoms with E-state index in [1.54, 1.807) is 42.5 Å².